The van der Waals surface area contributed by atoms with Crippen LogP contribution < -0.4 is 0 Å². The topological polar surface area (TPSA) is 280 Å². The molecule has 3 saturated heterocycles. The number of hydrogen-bond acceptors (Lipinski definition) is 25. The van der Waals surface area contributed by atoms with Crippen molar-refractivity contribution in [2.24, 2.45) is 0 Å². The second kappa shape index (κ2) is 43.2. The Balaban J connectivity index is 1.26. The Hall–Kier alpha value is -8.88. The Morgan fingerprint density at radius 2 is 0.868 bits per heavy atom. The van der Waals surface area contributed by atoms with Gasteiger partial charge in [0, 0.05) is 61.1 Å². The summed E-state index contributed by atoms with van der Waals surface area (Å²) >= 11 is 0.865. The summed E-state index contributed by atoms with van der Waals surface area (Å²) in [6.07, 6.45) is -22.1. The van der Waals surface area contributed by atoms with Crippen molar-refractivity contribution in [1.29, 1.82) is 0 Å². The average Bonchev–Trinajstić information content (AvgIpc) is 0.715. The van der Waals surface area contributed by atoms with Crippen molar-refractivity contribution in [3.05, 3.63) is 246 Å². The zero-order chi connectivity index (χ0) is 81.2. The molecule has 7 aromatic rings. The summed E-state index contributed by atoms with van der Waals surface area (Å²) in [7, 11) is -0.724. The number of rotatable bonds is 39. The van der Waals surface area contributed by atoms with E-state index in [0.717, 1.165) is 88.7 Å². The molecular formula is C87H103NO24SSi. The summed E-state index contributed by atoms with van der Waals surface area (Å²) in [5.74, 6) is -10.4. The Labute approximate surface area is 671 Å². The zero-order valence-corrected chi connectivity index (χ0v) is 67.7. The Kier molecular flexibility index (Phi) is 33.1. The molecule has 3 aliphatic rings. The molecule has 27 heteroatoms. The van der Waals surface area contributed by atoms with Crippen LogP contribution in [0.1, 0.15) is 74.9 Å². The van der Waals surface area contributed by atoms with E-state index in [1.807, 2.05) is 182 Å². The van der Waals surface area contributed by atoms with Crippen LogP contribution in [0.3, 0.4) is 0 Å². The maximum Gasteiger partial charge on any atom is 0.368 e. The molecule has 3 heterocycles. The molecule has 0 aromatic heterocycles. The summed E-state index contributed by atoms with van der Waals surface area (Å²) in [6.45, 7) is 11.8. The monoisotopic (exact) mass is 1610 g/mol. The number of benzene rings is 7. The molecule has 0 saturated carbocycles. The third kappa shape index (κ3) is 25.1. The quantitative estimate of drug-likeness (QED) is 0.0197. The number of hydrogen-bond donors (Lipinski definition) is 0. The van der Waals surface area contributed by atoms with Gasteiger partial charge in [-0.2, -0.15) is 0 Å². The van der Waals surface area contributed by atoms with E-state index < -0.39 is 159 Å². The van der Waals surface area contributed by atoms with E-state index in [9.17, 15) is 28.8 Å². The van der Waals surface area contributed by atoms with Crippen molar-refractivity contribution in [2.45, 2.75) is 215 Å². The van der Waals surface area contributed by atoms with E-state index in [1.54, 1.807) is 30.3 Å². The number of carbonyl (C=O) groups is 7. The van der Waals surface area contributed by atoms with Gasteiger partial charge in [0.25, 0.3) is 5.79 Å². The van der Waals surface area contributed by atoms with E-state index >= 15 is 4.79 Å². The molecule has 0 unspecified atom stereocenters. The van der Waals surface area contributed by atoms with Gasteiger partial charge in [-0.05, 0) is 51.6 Å². The number of esters is 5. The highest BCUT2D eigenvalue weighted by molar-refractivity contribution is 8.00. The van der Waals surface area contributed by atoms with Gasteiger partial charge in [-0.1, -0.05) is 220 Å². The molecule has 7 aromatic carbocycles. The van der Waals surface area contributed by atoms with Gasteiger partial charge in [-0.25, -0.2) is 4.79 Å². The Morgan fingerprint density at radius 1 is 0.456 bits per heavy atom. The first kappa shape index (κ1) is 87.5. The summed E-state index contributed by atoms with van der Waals surface area (Å²) in [5, 5.41) is -1.86. The van der Waals surface area contributed by atoms with E-state index in [2.05, 4.69) is 19.6 Å². The van der Waals surface area contributed by atoms with Crippen LogP contribution in [0.5, 0.6) is 0 Å². The lowest BCUT2D eigenvalue weighted by molar-refractivity contribution is -0.397. The van der Waals surface area contributed by atoms with Crippen LogP contribution in [0.4, 0.5) is 0 Å². The maximum absolute atomic E-state index is 16.6. The minimum Gasteiger partial charge on any atom is -0.465 e. The predicted octanol–water partition coefficient (Wildman–Crippen LogP) is 11.9. The summed E-state index contributed by atoms with van der Waals surface area (Å²) in [6, 6.07) is 63.8. The van der Waals surface area contributed by atoms with Crippen molar-refractivity contribution < 1.29 is 114 Å². The standard InChI is InChI=1S/C87H103NO24SSi/c1-57(89)88(58(2)90)73-77(75(106-61(5)93)72(105-60(4)92)56-100-59(3)91)111-87(86(95)96-7,83(78(73)107-62(6)94)113-69-44-30-17-31-45-69)112-80-74(101-50-65-36-22-13-23-37-65)70(54-97-48-63-32-18-11-19-33-63)109-85(82(80)104-53-68-42-28-16-29-43-68)110-76-71(55-98-49-64-34-20-12-21-35-64)108-84(99-46-47-114(8,9)10)81(103-52-67-40-26-15-27-41-67)79(76)102-51-66-38-24-14-25-39-66/h11-45,70-85H,46-56H2,1-10H3/t70-,71-,72-,73+,74+,75-,76-,77-,78-,79+,80+,81-,82-,83+,84-,85+,87+/m1/s1. The number of thioether (sulfide) groups is 1. The lowest BCUT2D eigenvalue weighted by Crippen LogP contribution is -2.77. The minimum absolute atomic E-state index is 0.00958. The molecule has 0 radical (unpaired) electrons. The molecule has 2 amide bonds. The Morgan fingerprint density at radius 3 is 1.29 bits per heavy atom. The van der Waals surface area contributed by atoms with Gasteiger partial charge in [-0.3, -0.25) is 33.7 Å². The smallest absolute Gasteiger partial charge is 0.368 e. The number of imide groups is 1. The number of nitrogens with zero attached hydrogens (tertiary/aromatic N) is 1. The highest BCUT2D eigenvalue weighted by Gasteiger charge is 2.69. The molecule has 0 spiro atoms. The molecule has 25 nitrogen and oxygen atoms in total. The molecule has 17 atom stereocenters. The lowest BCUT2D eigenvalue weighted by atomic mass is 9.85. The lowest BCUT2D eigenvalue weighted by Gasteiger charge is -2.56. The first-order chi connectivity index (χ1) is 55.0. The van der Waals surface area contributed by atoms with Crippen LogP contribution >= 0.6 is 11.8 Å². The van der Waals surface area contributed by atoms with E-state index in [-0.39, 0.29) is 52.9 Å². The fourth-order valence-corrected chi connectivity index (χ4v) is 15.8. The molecule has 114 heavy (non-hydrogen) atoms. The molecule has 10 rings (SSSR count). The molecule has 3 aliphatic heterocycles. The highest BCUT2D eigenvalue weighted by atomic mass is 32.2. The van der Waals surface area contributed by atoms with Crippen LogP contribution in [-0.2, 0) is 154 Å². The van der Waals surface area contributed by atoms with Crippen LogP contribution in [-0.4, -0.2) is 191 Å². The number of ether oxygens (including phenoxy) is 17. The average molecular weight is 1610 g/mol. The van der Waals surface area contributed by atoms with Gasteiger partial charge in [-0.15, -0.1) is 11.8 Å². The van der Waals surface area contributed by atoms with E-state index in [4.69, 9.17) is 80.5 Å². The van der Waals surface area contributed by atoms with Crippen LogP contribution in [0.25, 0.3) is 0 Å². The molecule has 3 fully saturated rings. The summed E-state index contributed by atoms with van der Waals surface area (Å²) in [4.78, 5) is 102. The predicted molar refractivity (Wildman–Crippen MR) is 419 cm³/mol. The molecule has 610 valence electrons. The number of amides is 2. The molecular weight excluding hydrogens is 1500 g/mol. The first-order valence-electron chi connectivity index (χ1n) is 38.0. The summed E-state index contributed by atoms with van der Waals surface area (Å²) in [5.41, 5.74) is 4.56. The minimum atomic E-state index is -3.15. The molecule has 0 aliphatic carbocycles. The van der Waals surface area contributed by atoms with E-state index in [1.165, 1.54) is 0 Å². The fourth-order valence-electron chi connectivity index (χ4n) is 13.8. The molecule has 0 bridgehead atoms. The van der Waals surface area contributed by atoms with Crippen LogP contribution in [0, 0.1) is 0 Å². The fraction of sp³-hybridized carbons (Fsp3) is 0.437. The largest absolute Gasteiger partial charge is 0.465 e. The van der Waals surface area contributed by atoms with Gasteiger partial charge in [0.1, 0.15) is 78.9 Å². The molecule has 0 N–H and O–H groups in total. The third-order valence-corrected chi connectivity index (χ3v) is 22.1. The maximum atomic E-state index is 16.6. The van der Waals surface area contributed by atoms with Gasteiger partial charge in [0.15, 0.2) is 24.8 Å². The second-order valence-electron chi connectivity index (χ2n) is 29.1. The third-order valence-electron chi connectivity index (χ3n) is 19.0. The van der Waals surface area contributed by atoms with Crippen molar-refractivity contribution in [3.63, 3.8) is 0 Å². The van der Waals surface area contributed by atoms with Gasteiger partial charge in [0.2, 0.25) is 11.8 Å². The Bertz CT molecular complexity index is 4130. The van der Waals surface area contributed by atoms with Crippen LogP contribution in [0.15, 0.2) is 217 Å². The summed E-state index contributed by atoms with van der Waals surface area (Å²) < 4.78 is 118. The van der Waals surface area contributed by atoms with Gasteiger partial charge in [0.05, 0.1) is 60.0 Å². The van der Waals surface area contributed by atoms with Crippen LogP contribution in [0.2, 0.25) is 25.7 Å². The SMILES string of the molecule is COC(=O)[C@]1(O[C@H]2[C@@H](OCc3ccccc3)[C@@H](COCc3ccccc3)O[C@@H](O[C@H]3[C@H](OCc4ccccc4)[C@@H](OCc4ccccc4)[C@H](OCC[Si](C)(C)C)O[C@@H]3COCc3ccccc3)[C@@H]2OCc2ccccc2)O[C@@H]([C@H](OC(C)=O)[C@@H](COC(C)=O)OC(C)=O)[C@H](N(C(C)=O)C(C)=O)[C@@H](OC(C)=O)[C@@H]1Sc1ccccc1. The van der Waals surface area contributed by atoms with E-state index in [0.29, 0.717) is 27.5 Å². The first-order valence-corrected chi connectivity index (χ1v) is 42.6. The van der Waals surface area contributed by atoms with Crippen molar-refractivity contribution in [3.8, 4) is 0 Å². The highest BCUT2D eigenvalue weighted by Crippen LogP contribution is 2.50. The van der Waals surface area contributed by atoms with Crippen molar-refractivity contribution >= 4 is 61.5 Å². The van der Waals surface area contributed by atoms with Gasteiger partial charge < -0.3 is 80.5 Å². The van der Waals surface area contributed by atoms with Gasteiger partial charge >= 0.3 is 29.8 Å². The number of methoxy groups -OCH3 is 1. The zero-order valence-electron chi connectivity index (χ0n) is 65.9. The van der Waals surface area contributed by atoms with Crippen molar-refractivity contribution in [2.75, 3.05) is 33.5 Å². The second-order valence-corrected chi connectivity index (χ2v) is 35.9. The number of carbonyl (C=O) groups excluding carboxylic acids is 7. The normalized spacial score (nSPS) is 24.7. The van der Waals surface area contributed by atoms with Crippen molar-refractivity contribution in [1.82, 2.24) is 4.90 Å².